The Morgan fingerprint density at radius 2 is 1.22 bits per heavy atom. The van der Waals surface area contributed by atoms with Crippen LogP contribution in [-0.4, -0.2) is 5.21 Å². The minimum atomic E-state index is -0.251. The Morgan fingerprint density at radius 1 is 0.696 bits per heavy atom. The molecule has 3 aromatic carbocycles. The molecule has 0 aliphatic heterocycles. The number of para-hydroxylation sites is 1. The average molecular weight is 301 g/mol. The zero-order valence-corrected chi connectivity index (χ0v) is 12.8. The molecule has 0 aromatic heterocycles. The van der Waals surface area contributed by atoms with Crippen LogP contribution in [-0.2, 0) is 0 Å². The highest BCUT2D eigenvalue weighted by atomic mass is 16.5. The zero-order valence-electron chi connectivity index (χ0n) is 12.8. The second kappa shape index (κ2) is 7.43. The van der Waals surface area contributed by atoms with Crippen molar-refractivity contribution in [2.24, 2.45) is 0 Å². The van der Waals surface area contributed by atoms with E-state index in [9.17, 15) is 5.21 Å². The molecule has 0 spiro atoms. The summed E-state index contributed by atoms with van der Waals surface area (Å²) < 4.78 is 0. The molecule has 0 radical (unpaired) electrons. The Bertz CT molecular complexity index is 739. The van der Waals surface area contributed by atoms with E-state index >= 15 is 0 Å². The fourth-order valence-electron chi connectivity index (χ4n) is 2.49. The van der Waals surface area contributed by atoms with Gasteiger partial charge in [-0.3, -0.25) is 5.21 Å². The second-order valence-corrected chi connectivity index (χ2v) is 5.31. The Kier molecular flexibility index (Phi) is 4.87. The van der Waals surface area contributed by atoms with E-state index in [2.05, 4.69) is 0 Å². The molecule has 1 N–H and O–H groups in total. The molecular formula is C21H19NO. The van der Waals surface area contributed by atoms with E-state index in [0.717, 1.165) is 16.8 Å². The van der Waals surface area contributed by atoms with E-state index in [1.807, 2.05) is 103 Å². The maximum atomic E-state index is 10.7. The highest BCUT2D eigenvalue weighted by Crippen LogP contribution is 2.27. The molecule has 0 aliphatic carbocycles. The van der Waals surface area contributed by atoms with Gasteiger partial charge in [-0.1, -0.05) is 91.0 Å². The molecule has 3 aromatic rings. The lowest BCUT2D eigenvalue weighted by Gasteiger charge is -2.25. The molecule has 0 fully saturated rings. The molecular weight excluding hydrogens is 282 g/mol. The summed E-state index contributed by atoms with van der Waals surface area (Å²) in [5.74, 6) is 0. The van der Waals surface area contributed by atoms with Gasteiger partial charge >= 0.3 is 0 Å². The van der Waals surface area contributed by atoms with E-state index in [-0.39, 0.29) is 6.04 Å². The number of hydrogen-bond donors (Lipinski definition) is 1. The Morgan fingerprint density at radius 3 is 1.83 bits per heavy atom. The summed E-state index contributed by atoms with van der Waals surface area (Å²) in [4.78, 5) is 0. The number of nitrogens with zero attached hydrogens (tertiary/aromatic N) is 1. The predicted molar refractivity (Wildman–Crippen MR) is 95.4 cm³/mol. The number of anilines is 1. The third kappa shape index (κ3) is 3.87. The molecule has 2 heteroatoms. The third-order valence-corrected chi connectivity index (χ3v) is 3.70. The highest BCUT2D eigenvalue weighted by molar-refractivity contribution is 5.54. The van der Waals surface area contributed by atoms with Gasteiger partial charge in [-0.2, -0.15) is 0 Å². The minimum absolute atomic E-state index is 0.251. The molecule has 1 unspecified atom stereocenters. The lowest BCUT2D eigenvalue weighted by molar-refractivity contribution is 0.234. The molecule has 0 bridgehead atoms. The van der Waals surface area contributed by atoms with E-state index < -0.39 is 0 Å². The van der Waals surface area contributed by atoms with Crippen molar-refractivity contribution in [1.29, 1.82) is 0 Å². The smallest absolute Gasteiger partial charge is 0.0997 e. The largest absolute Gasteiger partial charge is 0.288 e. The quantitative estimate of drug-likeness (QED) is 0.643. The van der Waals surface area contributed by atoms with Crippen molar-refractivity contribution < 1.29 is 5.21 Å². The van der Waals surface area contributed by atoms with Crippen LogP contribution >= 0.6 is 0 Å². The average Bonchev–Trinajstić information content (AvgIpc) is 2.64. The SMILES string of the molecule is ON(c1ccccc1)C(/C=C/c1ccccc1)c1ccccc1. The summed E-state index contributed by atoms with van der Waals surface area (Å²) >= 11 is 0. The fourth-order valence-corrected chi connectivity index (χ4v) is 2.49. The monoisotopic (exact) mass is 301 g/mol. The van der Waals surface area contributed by atoms with Crippen molar-refractivity contribution >= 4 is 11.8 Å². The topological polar surface area (TPSA) is 23.5 Å². The van der Waals surface area contributed by atoms with Crippen molar-refractivity contribution in [3.05, 3.63) is 108 Å². The van der Waals surface area contributed by atoms with Crippen LogP contribution in [0.15, 0.2) is 97.1 Å². The number of benzene rings is 3. The predicted octanol–water partition coefficient (Wildman–Crippen LogP) is 5.34. The number of rotatable bonds is 5. The van der Waals surface area contributed by atoms with Crippen LogP contribution in [0.5, 0.6) is 0 Å². The summed E-state index contributed by atoms with van der Waals surface area (Å²) in [5, 5.41) is 12.0. The summed E-state index contributed by atoms with van der Waals surface area (Å²) in [7, 11) is 0. The van der Waals surface area contributed by atoms with Crippen molar-refractivity contribution in [2.75, 3.05) is 5.06 Å². The first-order valence-corrected chi connectivity index (χ1v) is 7.66. The standard InChI is InChI=1S/C21H19NO/c23-22(20-14-8-3-9-15-20)21(19-12-6-2-7-13-19)17-16-18-10-4-1-5-11-18/h1-17,21,23H/b17-16+. The molecule has 114 valence electrons. The minimum Gasteiger partial charge on any atom is -0.288 e. The molecule has 3 rings (SSSR count). The molecule has 2 nitrogen and oxygen atoms in total. The van der Waals surface area contributed by atoms with Gasteiger partial charge in [0.25, 0.3) is 0 Å². The van der Waals surface area contributed by atoms with Gasteiger partial charge in [0.2, 0.25) is 0 Å². The van der Waals surface area contributed by atoms with Gasteiger partial charge in [-0.05, 0) is 23.3 Å². The Balaban J connectivity index is 1.93. The van der Waals surface area contributed by atoms with E-state index in [1.54, 1.807) is 0 Å². The molecule has 0 saturated carbocycles. The summed E-state index contributed by atoms with van der Waals surface area (Å²) in [6, 6.07) is 29.4. The van der Waals surface area contributed by atoms with Gasteiger partial charge in [0.1, 0.15) is 0 Å². The lowest BCUT2D eigenvalue weighted by atomic mass is 10.0. The van der Waals surface area contributed by atoms with Gasteiger partial charge in [-0.25, -0.2) is 5.06 Å². The van der Waals surface area contributed by atoms with Gasteiger partial charge < -0.3 is 0 Å². The second-order valence-electron chi connectivity index (χ2n) is 5.31. The van der Waals surface area contributed by atoms with Crippen LogP contribution in [0.1, 0.15) is 17.2 Å². The maximum Gasteiger partial charge on any atom is 0.0997 e. The first kappa shape index (κ1) is 15.1. The van der Waals surface area contributed by atoms with Gasteiger partial charge in [0.15, 0.2) is 0 Å². The van der Waals surface area contributed by atoms with E-state index in [4.69, 9.17) is 0 Å². The van der Waals surface area contributed by atoms with Crippen molar-refractivity contribution in [2.45, 2.75) is 6.04 Å². The van der Waals surface area contributed by atoms with Crippen LogP contribution in [0.2, 0.25) is 0 Å². The van der Waals surface area contributed by atoms with Crippen molar-refractivity contribution in [1.82, 2.24) is 0 Å². The molecule has 23 heavy (non-hydrogen) atoms. The number of hydrogen-bond acceptors (Lipinski definition) is 2. The normalized spacial score (nSPS) is 12.2. The van der Waals surface area contributed by atoms with Crippen LogP contribution < -0.4 is 5.06 Å². The molecule has 0 aliphatic rings. The molecule has 1 atom stereocenters. The summed E-state index contributed by atoms with van der Waals surface area (Å²) in [5.41, 5.74) is 2.90. The van der Waals surface area contributed by atoms with E-state index in [0.29, 0.717) is 0 Å². The highest BCUT2D eigenvalue weighted by Gasteiger charge is 2.16. The first-order valence-electron chi connectivity index (χ1n) is 7.66. The Labute approximate surface area is 136 Å². The van der Waals surface area contributed by atoms with Crippen LogP contribution in [0.25, 0.3) is 6.08 Å². The molecule has 0 amide bonds. The molecule has 0 heterocycles. The third-order valence-electron chi connectivity index (χ3n) is 3.70. The number of hydroxylamine groups is 1. The fraction of sp³-hybridized carbons (Fsp3) is 0.0476. The molecule has 0 saturated heterocycles. The van der Waals surface area contributed by atoms with Crippen LogP contribution in [0.3, 0.4) is 0 Å². The van der Waals surface area contributed by atoms with Crippen molar-refractivity contribution in [3.63, 3.8) is 0 Å². The van der Waals surface area contributed by atoms with Crippen molar-refractivity contribution in [3.8, 4) is 0 Å². The first-order chi connectivity index (χ1) is 11.3. The zero-order chi connectivity index (χ0) is 15.9. The summed E-state index contributed by atoms with van der Waals surface area (Å²) in [6.45, 7) is 0. The maximum absolute atomic E-state index is 10.7. The van der Waals surface area contributed by atoms with E-state index in [1.165, 1.54) is 5.06 Å². The van der Waals surface area contributed by atoms with Crippen LogP contribution in [0.4, 0.5) is 5.69 Å². The van der Waals surface area contributed by atoms with Gasteiger partial charge in [0.05, 0.1) is 11.7 Å². The van der Waals surface area contributed by atoms with Gasteiger partial charge in [-0.15, -0.1) is 0 Å². The lowest BCUT2D eigenvalue weighted by Crippen LogP contribution is -2.23. The Hall–Kier alpha value is -2.84. The summed E-state index contributed by atoms with van der Waals surface area (Å²) in [6.07, 6.45) is 4.04. The van der Waals surface area contributed by atoms with Gasteiger partial charge in [0, 0.05) is 0 Å². The van der Waals surface area contributed by atoms with Crippen LogP contribution in [0, 0.1) is 0 Å².